The van der Waals surface area contributed by atoms with Crippen LogP contribution >= 0.6 is 11.8 Å². The molecule has 4 heteroatoms. The number of rotatable bonds is 5. The van der Waals surface area contributed by atoms with E-state index in [0.717, 1.165) is 24.6 Å². The summed E-state index contributed by atoms with van der Waals surface area (Å²) in [5.41, 5.74) is 1.12. The fourth-order valence-corrected chi connectivity index (χ4v) is 3.35. The Hall–Kier alpha value is -0.610. The van der Waals surface area contributed by atoms with Crippen LogP contribution in [0.25, 0.3) is 0 Å². The fraction of sp³-hybridized carbons (Fsp3) is 0.714. The second-order valence-electron chi connectivity index (χ2n) is 5.29. The van der Waals surface area contributed by atoms with E-state index in [-0.39, 0.29) is 0 Å². The zero-order valence-electron chi connectivity index (χ0n) is 11.4. The average molecular weight is 265 g/mol. The molecule has 1 aromatic rings. The van der Waals surface area contributed by atoms with Gasteiger partial charge in [0, 0.05) is 12.7 Å². The summed E-state index contributed by atoms with van der Waals surface area (Å²) in [6, 6.07) is 2.02. The molecule has 100 valence electrons. The van der Waals surface area contributed by atoms with E-state index in [0.29, 0.717) is 11.2 Å². The molecule has 1 aliphatic heterocycles. The SMILES string of the molecule is CC(C)CNCc1ccnc(C2CCCCS2)n1. The summed E-state index contributed by atoms with van der Waals surface area (Å²) in [5, 5.41) is 3.95. The topological polar surface area (TPSA) is 37.8 Å². The van der Waals surface area contributed by atoms with E-state index >= 15 is 0 Å². The third kappa shape index (κ3) is 4.25. The Balaban J connectivity index is 1.91. The van der Waals surface area contributed by atoms with Gasteiger partial charge in [0.25, 0.3) is 0 Å². The molecule has 1 aromatic heterocycles. The number of nitrogens with zero attached hydrogens (tertiary/aromatic N) is 2. The van der Waals surface area contributed by atoms with E-state index in [9.17, 15) is 0 Å². The van der Waals surface area contributed by atoms with Crippen LogP contribution in [-0.4, -0.2) is 22.3 Å². The van der Waals surface area contributed by atoms with Gasteiger partial charge < -0.3 is 5.32 Å². The lowest BCUT2D eigenvalue weighted by Gasteiger charge is -2.20. The second-order valence-corrected chi connectivity index (χ2v) is 6.60. The van der Waals surface area contributed by atoms with E-state index in [2.05, 4.69) is 24.1 Å². The van der Waals surface area contributed by atoms with Crippen molar-refractivity contribution >= 4 is 11.8 Å². The van der Waals surface area contributed by atoms with E-state index in [1.54, 1.807) is 0 Å². The Morgan fingerprint density at radius 3 is 3.06 bits per heavy atom. The molecule has 1 saturated heterocycles. The van der Waals surface area contributed by atoms with Crippen LogP contribution in [0.1, 0.15) is 49.9 Å². The molecule has 18 heavy (non-hydrogen) atoms. The highest BCUT2D eigenvalue weighted by Crippen LogP contribution is 2.36. The molecule has 1 N–H and O–H groups in total. The number of aromatic nitrogens is 2. The summed E-state index contributed by atoms with van der Waals surface area (Å²) < 4.78 is 0. The molecule has 0 bridgehead atoms. The van der Waals surface area contributed by atoms with Gasteiger partial charge in [0.1, 0.15) is 5.82 Å². The van der Waals surface area contributed by atoms with E-state index < -0.39 is 0 Å². The van der Waals surface area contributed by atoms with Crippen molar-refractivity contribution < 1.29 is 0 Å². The maximum atomic E-state index is 4.70. The minimum absolute atomic E-state index is 0.517. The van der Waals surface area contributed by atoms with Crippen molar-refractivity contribution in [1.29, 1.82) is 0 Å². The Kier molecular flexibility index (Phi) is 5.45. The minimum atomic E-state index is 0.517. The second kappa shape index (κ2) is 7.10. The molecule has 3 nitrogen and oxygen atoms in total. The molecule has 1 aliphatic rings. The highest BCUT2D eigenvalue weighted by Gasteiger charge is 2.18. The Morgan fingerprint density at radius 1 is 1.44 bits per heavy atom. The smallest absolute Gasteiger partial charge is 0.141 e. The van der Waals surface area contributed by atoms with Gasteiger partial charge in [0.15, 0.2) is 0 Å². The number of nitrogens with one attached hydrogen (secondary N) is 1. The van der Waals surface area contributed by atoms with Crippen molar-refractivity contribution in [2.24, 2.45) is 5.92 Å². The van der Waals surface area contributed by atoms with Gasteiger partial charge in [0.2, 0.25) is 0 Å². The molecule has 0 radical (unpaired) electrons. The van der Waals surface area contributed by atoms with Crippen LogP contribution in [0.5, 0.6) is 0 Å². The van der Waals surface area contributed by atoms with Gasteiger partial charge in [0.05, 0.1) is 10.9 Å². The first-order valence-corrected chi connectivity index (χ1v) is 7.94. The van der Waals surface area contributed by atoms with Crippen LogP contribution < -0.4 is 5.32 Å². The van der Waals surface area contributed by atoms with E-state index in [1.165, 1.54) is 25.0 Å². The summed E-state index contributed by atoms with van der Waals surface area (Å²) in [6.07, 6.45) is 5.80. The monoisotopic (exact) mass is 265 g/mol. The zero-order chi connectivity index (χ0) is 12.8. The standard InChI is InChI=1S/C14H23N3S/c1-11(2)9-15-10-12-6-7-16-14(17-12)13-5-3-4-8-18-13/h6-7,11,13,15H,3-5,8-10H2,1-2H3. The first kappa shape index (κ1) is 13.8. The van der Waals surface area contributed by atoms with Gasteiger partial charge in [-0.15, -0.1) is 0 Å². The van der Waals surface area contributed by atoms with Crippen molar-refractivity contribution in [3.8, 4) is 0 Å². The van der Waals surface area contributed by atoms with Gasteiger partial charge in [-0.05, 0) is 37.1 Å². The summed E-state index contributed by atoms with van der Waals surface area (Å²) in [5.74, 6) is 2.97. The lowest BCUT2D eigenvalue weighted by molar-refractivity contribution is 0.546. The molecule has 0 aliphatic carbocycles. The number of hydrogen-bond donors (Lipinski definition) is 1. The third-order valence-corrected chi connectivity index (χ3v) is 4.43. The highest BCUT2D eigenvalue weighted by atomic mass is 32.2. The summed E-state index contributed by atoms with van der Waals surface area (Å²) in [7, 11) is 0. The first-order chi connectivity index (χ1) is 8.75. The molecule has 1 unspecified atom stereocenters. The predicted octanol–water partition coefficient (Wildman–Crippen LogP) is 3.18. The van der Waals surface area contributed by atoms with Gasteiger partial charge >= 0.3 is 0 Å². The summed E-state index contributed by atoms with van der Waals surface area (Å²) >= 11 is 2.01. The maximum absolute atomic E-state index is 4.70. The Bertz CT molecular complexity index is 362. The van der Waals surface area contributed by atoms with Crippen molar-refractivity contribution in [3.63, 3.8) is 0 Å². The molecule has 2 rings (SSSR count). The molecule has 1 fully saturated rings. The first-order valence-electron chi connectivity index (χ1n) is 6.90. The molecule has 0 amide bonds. The Morgan fingerprint density at radius 2 is 2.33 bits per heavy atom. The lowest BCUT2D eigenvalue weighted by atomic mass is 10.2. The van der Waals surface area contributed by atoms with E-state index in [4.69, 9.17) is 4.98 Å². The van der Waals surface area contributed by atoms with Crippen molar-refractivity contribution in [2.75, 3.05) is 12.3 Å². The molecular weight excluding hydrogens is 242 g/mol. The minimum Gasteiger partial charge on any atom is -0.311 e. The van der Waals surface area contributed by atoms with Gasteiger partial charge in [-0.3, -0.25) is 0 Å². The van der Waals surface area contributed by atoms with Crippen LogP contribution in [0.4, 0.5) is 0 Å². The largest absolute Gasteiger partial charge is 0.311 e. The lowest BCUT2D eigenvalue weighted by Crippen LogP contribution is -2.20. The Labute approximate surface area is 114 Å². The highest BCUT2D eigenvalue weighted by molar-refractivity contribution is 7.99. The van der Waals surface area contributed by atoms with Crippen molar-refractivity contribution in [2.45, 2.75) is 44.9 Å². The molecular formula is C14H23N3S. The van der Waals surface area contributed by atoms with Gasteiger partial charge in [-0.2, -0.15) is 11.8 Å². The maximum Gasteiger partial charge on any atom is 0.141 e. The van der Waals surface area contributed by atoms with Crippen LogP contribution in [0.3, 0.4) is 0 Å². The van der Waals surface area contributed by atoms with Crippen molar-refractivity contribution in [3.05, 3.63) is 23.8 Å². The molecule has 2 heterocycles. The van der Waals surface area contributed by atoms with E-state index in [1.807, 2.05) is 24.0 Å². The summed E-state index contributed by atoms with van der Waals surface area (Å²) in [6.45, 7) is 6.33. The fourth-order valence-electron chi connectivity index (χ4n) is 2.10. The average Bonchev–Trinajstić information content (AvgIpc) is 2.40. The summed E-state index contributed by atoms with van der Waals surface area (Å²) in [4.78, 5) is 9.15. The molecule has 0 spiro atoms. The van der Waals surface area contributed by atoms with Crippen LogP contribution in [-0.2, 0) is 6.54 Å². The van der Waals surface area contributed by atoms with Gasteiger partial charge in [-0.1, -0.05) is 20.3 Å². The molecule has 0 saturated carbocycles. The van der Waals surface area contributed by atoms with Crippen molar-refractivity contribution in [1.82, 2.24) is 15.3 Å². The predicted molar refractivity (Wildman–Crippen MR) is 77.6 cm³/mol. The number of hydrogen-bond acceptors (Lipinski definition) is 4. The van der Waals surface area contributed by atoms with Crippen LogP contribution in [0.2, 0.25) is 0 Å². The third-order valence-electron chi connectivity index (χ3n) is 3.06. The molecule has 0 aromatic carbocycles. The number of thioether (sulfide) groups is 1. The zero-order valence-corrected chi connectivity index (χ0v) is 12.2. The molecule has 1 atom stereocenters. The van der Waals surface area contributed by atoms with Crippen LogP contribution in [0.15, 0.2) is 12.3 Å². The van der Waals surface area contributed by atoms with Crippen LogP contribution in [0, 0.1) is 5.92 Å². The quantitative estimate of drug-likeness (QED) is 0.887. The normalized spacial score (nSPS) is 20.3. The van der Waals surface area contributed by atoms with Gasteiger partial charge in [-0.25, -0.2) is 9.97 Å².